The van der Waals surface area contributed by atoms with Gasteiger partial charge in [0.2, 0.25) is 5.91 Å². The highest BCUT2D eigenvalue weighted by atomic mass is 32.2. The first kappa shape index (κ1) is 21.4. The third-order valence-corrected chi connectivity index (χ3v) is 5.35. The molecule has 8 heteroatoms. The number of methoxy groups -OCH3 is 3. The van der Waals surface area contributed by atoms with E-state index in [-0.39, 0.29) is 11.7 Å². The molecule has 156 valence electrons. The maximum absolute atomic E-state index is 12.3. The number of benzene rings is 2. The number of hydrogen-bond donors (Lipinski definition) is 1. The Labute approximate surface area is 179 Å². The first-order valence-electron chi connectivity index (χ1n) is 9.16. The number of hydrazone groups is 1. The number of thioether (sulfide) groups is 1. The molecule has 7 nitrogen and oxygen atoms in total. The number of amides is 1. The summed E-state index contributed by atoms with van der Waals surface area (Å²) in [4.78, 5) is 17.8. The minimum atomic E-state index is -0.219. The topological polar surface area (TPSA) is 82.0 Å². The summed E-state index contributed by atoms with van der Waals surface area (Å²) in [5, 5.41) is 4.99. The Hall–Kier alpha value is -3.26. The van der Waals surface area contributed by atoms with E-state index in [4.69, 9.17) is 14.2 Å². The van der Waals surface area contributed by atoms with Crippen LogP contribution in [0.25, 0.3) is 10.9 Å². The number of pyridine rings is 1. The van der Waals surface area contributed by atoms with E-state index in [1.165, 1.54) is 18.0 Å². The van der Waals surface area contributed by atoms with Gasteiger partial charge < -0.3 is 14.2 Å². The fraction of sp³-hybridized carbons (Fsp3) is 0.227. The summed E-state index contributed by atoms with van der Waals surface area (Å²) in [6.45, 7) is 1.93. The van der Waals surface area contributed by atoms with Crippen molar-refractivity contribution in [2.24, 2.45) is 5.10 Å². The van der Waals surface area contributed by atoms with Gasteiger partial charge in [-0.1, -0.05) is 6.07 Å². The molecular weight excluding hydrogens is 402 g/mol. The summed E-state index contributed by atoms with van der Waals surface area (Å²) in [7, 11) is 4.75. The van der Waals surface area contributed by atoms with Gasteiger partial charge in [-0.3, -0.25) is 9.78 Å². The predicted octanol–water partition coefficient (Wildman–Crippen LogP) is 3.81. The van der Waals surface area contributed by atoms with E-state index in [9.17, 15) is 4.79 Å². The van der Waals surface area contributed by atoms with Crippen molar-refractivity contribution in [2.75, 3.05) is 27.1 Å². The number of nitrogens with zero attached hydrogens (tertiary/aromatic N) is 2. The Morgan fingerprint density at radius 2 is 1.97 bits per heavy atom. The zero-order chi connectivity index (χ0) is 21.5. The van der Waals surface area contributed by atoms with Crippen LogP contribution in [0.1, 0.15) is 11.3 Å². The zero-order valence-electron chi connectivity index (χ0n) is 17.3. The van der Waals surface area contributed by atoms with Crippen molar-refractivity contribution in [1.29, 1.82) is 0 Å². The first-order chi connectivity index (χ1) is 14.5. The Balaban J connectivity index is 1.68. The average molecular weight is 426 g/mol. The van der Waals surface area contributed by atoms with Crippen molar-refractivity contribution in [3.8, 4) is 17.2 Å². The highest BCUT2D eigenvalue weighted by Crippen LogP contribution is 2.31. The SMILES string of the molecule is COc1ccc2nc(C)cc(SCC(=O)NN=Cc3cccc(OC)c3OC)c2c1. The van der Waals surface area contributed by atoms with Crippen LogP contribution in [0, 0.1) is 6.92 Å². The molecule has 0 aliphatic carbocycles. The van der Waals surface area contributed by atoms with E-state index in [0.29, 0.717) is 17.1 Å². The molecule has 30 heavy (non-hydrogen) atoms. The molecule has 0 unspecified atom stereocenters. The van der Waals surface area contributed by atoms with Gasteiger partial charge in [-0.25, -0.2) is 5.43 Å². The van der Waals surface area contributed by atoms with Gasteiger partial charge in [0.15, 0.2) is 11.5 Å². The Morgan fingerprint density at radius 3 is 2.70 bits per heavy atom. The largest absolute Gasteiger partial charge is 0.497 e. The lowest BCUT2D eigenvalue weighted by Crippen LogP contribution is -2.19. The lowest BCUT2D eigenvalue weighted by Gasteiger charge is -2.10. The molecular formula is C22H23N3O4S. The summed E-state index contributed by atoms with van der Waals surface area (Å²) in [6.07, 6.45) is 1.53. The number of aromatic nitrogens is 1. The minimum absolute atomic E-state index is 0.211. The molecule has 2 aromatic carbocycles. The number of rotatable bonds is 8. The van der Waals surface area contributed by atoms with Gasteiger partial charge in [0.1, 0.15) is 5.75 Å². The van der Waals surface area contributed by atoms with Crippen molar-refractivity contribution >= 4 is 34.8 Å². The van der Waals surface area contributed by atoms with Gasteiger partial charge in [0.25, 0.3) is 0 Å². The van der Waals surface area contributed by atoms with Crippen molar-refractivity contribution in [3.05, 3.63) is 53.7 Å². The molecule has 1 heterocycles. The van der Waals surface area contributed by atoms with E-state index < -0.39 is 0 Å². The zero-order valence-corrected chi connectivity index (χ0v) is 18.1. The number of carbonyl (C=O) groups excluding carboxylic acids is 1. The van der Waals surface area contributed by atoms with Crippen LogP contribution in [0.2, 0.25) is 0 Å². The Bertz CT molecular complexity index is 1090. The molecule has 0 radical (unpaired) electrons. The third-order valence-electron chi connectivity index (χ3n) is 4.29. The maximum atomic E-state index is 12.3. The number of aryl methyl sites for hydroxylation is 1. The van der Waals surface area contributed by atoms with Crippen molar-refractivity contribution < 1.29 is 19.0 Å². The fourth-order valence-electron chi connectivity index (χ4n) is 2.91. The fourth-order valence-corrected chi connectivity index (χ4v) is 3.83. The number of nitrogens with one attached hydrogen (secondary N) is 1. The molecule has 0 atom stereocenters. The molecule has 0 aliphatic rings. The first-order valence-corrected chi connectivity index (χ1v) is 10.2. The van der Waals surface area contributed by atoms with E-state index in [0.717, 1.165) is 27.2 Å². The van der Waals surface area contributed by atoms with Crippen LogP contribution >= 0.6 is 11.8 Å². The molecule has 0 saturated heterocycles. The van der Waals surface area contributed by atoms with Gasteiger partial charge in [-0.05, 0) is 43.3 Å². The van der Waals surface area contributed by atoms with Crippen LogP contribution in [-0.4, -0.2) is 44.2 Å². The molecule has 3 aromatic rings. The number of ether oxygens (including phenoxy) is 3. The smallest absolute Gasteiger partial charge is 0.250 e. The van der Waals surface area contributed by atoms with Crippen molar-refractivity contribution in [1.82, 2.24) is 10.4 Å². The van der Waals surface area contributed by atoms with Crippen LogP contribution in [0.3, 0.4) is 0 Å². The summed E-state index contributed by atoms with van der Waals surface area (Å²) >= 11 is 1.43. The second-order valence-electron chi connectivity index (χ2n) is 6.31. The minimum Gasteiger partial charge on any atom is -0.497 e. The standard InChI is InChI=1S/C22H23N3O4S/c1-14-10-20(17-11-16(27-2)8-9-18(17)24-14)30-13-21(26)25-23-12-15-6-5-7-19(28-3)22(15)29-4/h5-12H,13H2,1-4H3,(H,25,26). The normalized spacial score (nSPS) is 10.9. The number of hydrogen-bond acceptors (Lipinski definition) is 7. The summed E-state index contributed by atoms with van der Waals surface area (Å²) in [6, 6.07) is 13.1. The quantitative estimate of drug-likeness (QED) is 0.336. The molecule has 1 amide bonds. The predicted molar refractivity (Wildman–Crippen MR) is 119 cm³/mol. The van der Waals surface area contributed by atoms with Crippen LogP contribution in [0.4, 0.5) is 0 Å². The van der Waals surface area contributed by atoms with Gasteiger partial charge in [-0.15, -0.1) is 11.8 Å². The van der Waals surface area contributed by atoms with E-state index >= 15 is 0 Å². The highest BCUT2D eigenvalue weighted by Gasteiger charge is 2.10. The highest BCUT2D eigenvalue weighted by molar-refractivity contribution is 8.00. The number of para-hydroxylation sites is 1. The second kappa shape index (κ2) is 9.98. The molecule has 1 aromatic heterocycles. The second-order valence-corrected chi connectivity index (χ2v) is 7.33. The van der Waals surface area contributed by atoms with Crippen LogP contribution in [0.5, 0.6) is 17.2 Å². The third kappa shape index (κ3) is 5.01. The van der Waals surface area contributed by atoms with Gasteiger partial charge in [-0.2, -0.15) is 5.10 Å². The van der Waals surface area contributed by atoms with Gasteiger partial charge in [0, 0.05) is 21.5 Å². The summed E-state index contributed by atoms with van der Waals surface area (Å²) in [5.41, 5.74) is 5.00. The van der Waals surface area contributed by atoms with E-state index in [2.05, 4.69) is 15.5 Å². The van der Waals surface area contributed by atoms with Crippen molar-refractivity contribution in [2.45, 2.75) is 11.8 Å². The monoisotopic (exact) mass is 425 g/mol. The summed E-state index contributed by atoms with van der Waals surface area (Å²) in [5.74, 6) is 1.89. The van der Waals surface area contributed by atoms with Crippen molar-refractivity contribution in [3.63, 3.8) is 0 Å². The maximum Gasteiger partial charge on any atom is 0.250 e. The van der Waals surface area contributed by atoms with Crippen LogP contribution in [-0.2, 0) is 4.79 Å². The lowest BCUT2D eigenvalue weighted by molar-refractivity contribution is -0.118. The van der Waals surface area contributed by atoms with Gasteiger partial charge >= 0.3 is 0 Å². The average Bonchev–Trinajstić information content (AvgIpc) is 2.76. The molecule has 1 N–H and O–H groups in total. The Kier molecular flexibility index (Phi) is 7.13. The van der Waals surface area contributed by atoms with Crippen LogP contribution < -0.4 is 19.6 Å². The molecule has 0 saturated carbocycles. The van der Waals surface area contributed by atoms with Gasteiger partial charge in [0.05, 0.1) is 38.8 Å². The molecule has 0 fully saturated rings. The lowest BCUT2D eigenvalue weighted by atomic mass is 10.2. The number of fused-ring (bicyclic) bond motifs is 1. The molecule has 0 aliphatic heterocycles. The summed E-state index contributed by atoms with van der Waals surface area (Å²) < 4.78 is 15.9. The number of carbonyl (C=O) groups is 1. The molecule has 0 spiro atoms. The molecule has 0 bridgehead atoms. The van der Waals surface area contributed by atoms with E-state index in [1.54, 1.807) is 27.4 Å². The van der Waals surface area contributed by atoms with E-state index in [1.807, 2.05) is 43.3 Å². The molecule has 3 rings (SSSR count). The van der Waals surface area contributed by atoms with Crippen LogP contribution in [0.15, 0.2) is 52.5 Å². The Morgan fingerprint density at radius 1 is 1.13 bits per heavy atom.